The number of rotatable bonds is 2. The predicted octanol–water partition coefficient (Wildman–Crippen LogP) is 3.67. The first-order chi connectivity index (χ1) is 6.43. The predicted molar refractivity (Wildman–Crippen MR) is 62.4 cm³/mol. The maximum Gasteiger partial charge on any atom is 0.0703 e. The molecule has 0 N–H and O–H groups in total. The van der Waals surface area contributed by atoms with Crippen molar-refractivity contribution in [2.75, 3.05) is 0 Å². The van der Waals surface area contributed by atoms with Crippen molar-refractivity contribution in [2.45, 2.75) is 52.8 Å². The lowest BCUT2D eigenvalue weighted by Gasteiger charge is -2.63. The number of hydrogen-bond donors (Lipinski definition) is 0. The SMILES string of the molecule is [B][C@@H]1C[C@@H]2C[C@H](C1CC(C)C)C2(C)C. The van der Waals surface area contributed by atoms with Gasteiger partial charge < -0.3 is 0 Å². The van der Waals surface area contributed by atoms with E-state index in [1.165, 1.54) is 19.3 Å². The van der Waals surface area contributed by atoms with Gasteiger partial charge in [-0.25, -0.2) is 0 Å². The molecular formula is C13H23B. The highest BCUT2D eigenvalue weighted by molar-refractivity contribution is 6.12. The monoisotopic (exact) mass is 190 g/mol. The van der Waals surface area contributed by atoms with Gasteiger partial charge in [0.1, 0.15) is 0 Å². The molecule has 2 radical (unpaired) electrons. The van der Waals surface area contributed by atoms with Crippen LogP contribution in [0.2, 0.25) is 5.82 Å². The Kier molecular flexibility index (Phi) is 2.48. The highest BCUT2D eigenvalue weighted by Gasteiger charge is 2.55. The molecule has 0 aromatic heterocycles. The van der Waals surface area contributed by atoms with Gasteiger partial charge in [0.15, 0.2) is 0 Å². The third-order valence-corrected chi connectivity index (χ3v) is 4.91. The summed E-state index contributed by atoms with van der Waals surface area (Å²) in [4.78, 5) is 0. The van der Waals surface area contributed by atoms with Gasteiger partial charge in [0.05, 0.1) is 7.85 Å². The highest BCUT2D eigenvalue weighted by Crippen LogP contribution is 2.65. The fourth-order valence-corrected chi connectivity index (χ4v) is 3.87. The Balaban J connectivity index is 2.07. The van der Waals surface area contributed by atoms with E-state index in [9.17, 15) is 0 Å². The zero-order valence-electron chi connectivity index (χ0n) is 10.1. The minimum Gasteiger partial charge on any atom is -0.0740 e. The first kappa shape index (κ1) is 10.6. The zero-order valence-corrected chi connectivity index (χ0v) is 10.1. The molecule has 3 aliphatic rings. The summed E-state index contributed by atoms with van der Waals surface area (Å²) in [5.74, 6) is 3.94. The molecule has 14 heavy (non-hydrogen) atoms. The van der Waals surface area contributed by atoms with Crippen LogP contribution in [-0.4, -0.2) is 7.85 Å². The molecule has 78 valence electrons. The molecule has 0 nitrogen and oxygen atoms in total. The fraction of sp³-hybridized carbons (Fsp3) is 1.00. The fourth-order valence-electron chi connectivity index (χ4n) is 3.87. The maximum atomic E-state index is 6.27. The number of fused-ring (bicyclic) bond motifs is 2. The van der Waals surface area contributed by atoms with Crippen molar-refractivity contribution in [1.82, 2.24) is 0 Å². The van der Waals surface area contributed by atoms with E-state index in [4.69, 9.17) is 7.85 Å². The van der Waals surface area contributed by atoms with E-state index in [0.29, 0.717) is 11.2 Å². The molecule has 2 bridgehead atoms. The van der Waals surface area contributed by atoms with Crippen LogP contribution in [0.4, 0.5) is 0 Å². The number of hydrogen-bond acceptors (Lipinski definition) is 0. The molecule has 0 aliphatic heterocycles. The summed E-state index contributed by atoms with van der Waals surface area (Å²) in [6.07, 6.45) is 4.07. The van der Waals surface area contributed by atoms with Gasteiger partial charge in [0.2, 0.25) is 0 Å². The topological polar surface area (TPSA) is 0 Å². The van der Waals surface area contributed by atoms with Crippen LogP contribution in [0.1, 0.15) is 47.0 Å². The normalized spacial score (nSPS) is 44.9. The van der Waals surface area contributed by atoms with Crippen LogP contribution in [0.25, 0.3) is 0 Å². The van der Waals surface area contributed by atoms with Crippen molar-refractivity contribution in [3.63, 3.8) is 0 Å². The summed E-state index contributed by atoms with van der Waals surface area (Å²) in [6, 6.07) is 0. The molecule has 0 aromatic carbocycles. The average molecular weight is 190 g/mol. The molecule has 0 spiro atoms. The molecular weight excluding hydrogens is 167 g/mol. The van der Waals surface area contributed by atoms with Crippen molar-refractivity contribution in [2.24, 2.45) is 29.1 Å². The van der Waals surface area contributed by atoms with Crippen LogP contribution in [-0.2, 0) is 0 Å². The highest BCUT2D eigenvalue weighted by atomic mass is 14.6. The van der Waals surface area contributed by atoms with Crippen molar-refractivity contribution in [3.05, 3.63) is 0 Å². The third kappa shape index (κ3) is 1.44. The lowest BCUT2D eigenvalue weighted by Crippen LogP contribution is -2.54. The van der Waals surface area contributed by atoms with Gasteiger partial charge in [0.25, 0.3) is 0 Å². The smallest absolute Gasteiger partial charge is 0.0703 e. The van der Waals surface area contributed by atoms with Crippen LogP contribution >= 0.6 is 0 Å². The van der Waals surface area contributed by atoms with Crippen molar-refractivity contribution in [3.8, 4) is 0 Å². The summed E-state index contributed by atoms with van der Waals surface area (Å²) in [7, 11) is 6.27. The molecule has 3 saturated carbocycles. The Morgan fingerprint density at radius 3 is 2.43 bits per heavy atom. The van der Waals surface area contributed by atoms with Crippen LogP contribution in [0, 0.1) is 29.1 Å². The van der Waals surface area contributed by atoms with Gasteiger partial charge in [-0.2, -0.15) is 0 Å². The van der Waals surface area contributed by atoms with E-state index in [-0.39, 0.29) is 0 Å². The van der Waals surface area contributed by atoms with Crippen molar-refractivity contribution >= 4 is 7.85 Å². The Hall–Kier alpha value is 0.0649. The van der Waals surface area contributed by atoms with Crippen molar-refractivity contribution in [1.29, 1.82) is 0 Å². The molecule has 0 amide bonds. The van der Waals surface area contributed by atoms with Crippen LogP contribution in [0.15, 0.2) is 0 Å². The first-order valence-electron chi connectivity index (χ1n) is 6.18. The van der Waals surface area contributed by atoms with Gasteiger partial charge in [-0.1, -0.05) is 39.9 Å². The Morgan fingerprint density at radius 1 is 1.29 bits per heavy atom. The minimum absolute atomic E-state index is 0.495. The Labute approximate surface area is 90.3 Å². The van der Waals surface area contributed by atoms with Crippen LogP contribution < -0.4 is 0 Å². The molecule has 3 fully saturated rings. The lowest BCUT2D eigenvalue weighted by atomic mass is 9.40. The quantitative estimate of drug-likeness (QED) is 0.582. The first-order valence-corrected chi connectivity index (χ1v) is 6.18. The van der Waals surface area contributed by atoms with Gasteiger partial charge >= 0.3 is 0 Å². The van der Waals surface area contributed by atoms with Gasteiger partial charge in [-0.3, -0.25) is 0 Å². The Bertz CT molecular complexity index is 219. The zero-order chi connectivity index (χ0) is 10.5. The summed E-state index contributed by atoms with van der Waals surface area (Å²) in [5.41, 5.74) is 0.593. The molecule has 0 aromatic rings. The maximum absolute atomic E-state index is 6.27. The van der Waals surface area contributed by atoms with E-state index in [0.717, 1.165) is 23.7 Å². The lowest BCUT2D eigenvalue weighted by molar-refractivity contribution is -0.108. The summed E-state index contributed by atoms with van der Waals surface area (Å²) < 4.78 is 0. The van der Waals surface area contributed by atoms with Crippen molar-refractivity contribution < 1.29 is 0 Å². The molecule has 1 heteroatoms. The van der Waals surface area contributed by atoms with Gasteiger partial charge in [-0.15, -0.1) is 0 Å². The summed E-state index contributed by atoms with van der Waals surface area (Å²) >= 11 is 0. The largest absolute Gasteiger partial charge is 0.0740 e. The van der Waals surface area contributed by atoms with E-state index in [1.807, 2.05) is 0 Å². The summed E-state index contributed by atoms with van der Waals surface area (Å²) in [6.45, 7) is 9.55. The van der Waals surface area contributed by atoms with Gasteiger partial charge in [-0.05, 0) is 41.9 Å². The summed E-state index contributed by atoms with van der Waals surface area (Å²) in [5, 5.41) is 0. The Morgan fingerprint density at radius 2 is 1.93 bits per heavy atom. The molecule has 3 aliphatic carbocycles. The van der Waals surface area contributed by atoms with E-state index in [1.54, 1.807) is 0 Å². The second-order valence-corrected chi connectivity index (χ2v) is 6.55. The molecule has 1 unspecified atom stereocenters. The molecule has 4 atom stereocenters. The molecule has 0 saturated heterocycles. The minimum atomic E-state index is 0.495. The van der Waals surface area contributed by atoms with Gasteiger partial charge in [0, 0.05) is 0 Å². The second kappa shape index (κ2) is 3.28. The molecule has 0 heterocycles. The van der Waals surface area contributed by atoms with E-state index >= 15 is 0 Å². The molecule has 3 rings (SSSR count). The third-order valence-electron chi connectivity index (χ3n) is 4.91. The average Bonchev–Trinajstić information content (AvgIpc) is 2.06. The van der Waals surface area contributed by atoms with E-state index < -0.39 is 0 Å². The van der Waals surface area contributed by atoms with E-state index in [2.05, 4.69) is 27.7 Å². The second-order valence-electron chi connectivity index (χ2n) is 6.55. The van der Waals surface area contributed by atoms with Crippen LogP contribution in [0.3, 0.4) is 0 Å². The van der Waals surface area contributed by atoms with Crippen LogP contribution in [0.5, 0.6) is 0 Å². The standard InChI is InChI=1S/C13H23B/c1-8(2)5-10-11-6-9(7-12(10)14)13(11,3)4/h8-12H,5-7H2,1-4H3/t9-,10?,11+,12+/m0/s1.